The van der Waals surface area contributed by atoms with Crippen LogP contribution in [0, 0.1) is 10.1 Å². The van der Waals surface area contributed by atoms with E-state index in [9.17, 15) is 18.5 Å². The van der Waals surface area contributed by atoms with Crippen molar-refractivity contribution in [2.24, 2.45) is 0 Å². The average Bonchev–Trinajstić information content (AvgIpc) is 2.15. The van der Waals surface area contributed by atoms with Crippen LogP contribution in [0.3, 0.4) is 0 Å². The van der Waals surface area contributed by atoms with Crippen LogP contribution in [0.15, 0.2) is 24.3 Å². The first kappa shape index (κ1) is 10.9. The Kier molecular flexibility index (Phi) is 3.85. The van der Waals surface area contributed by atoms with Crippen molar-refractivity contribution in [2.45, 2.75) is 6.61 Å². The number of rotatable bonds is 4. The molecular weight excluding hydrogens is 215 g/mol. The van der Waals surface area contributed by atoms with Crippen molar-refractivity contribution < 1.29 is 17.8 Å². The molecule has 0 saturated carbocycles. The van der Waals surface area contributed by atoms with Gasteiger partial charge in [-0.3, -0.25) is 10.1 Å². The van der Waals surface area contributed by atoms with Gasteiger partial charge in [0, 0.05) is 12.1 Å². The minimum Gasteiger partial charge on any atom is -0.301 e. The predicted octanol–water partition coefficient (Wildman–Crippen LogP) is 3.28. The molecule has 0 unspecified atom stereocenters. The van der Waals surface area contributed by atoms with Crippen LogP contribution in [-0.2, 0) is 11.1 Å². The number of non-ortho nitro benzene ring substituents is 1. The van der Waals surface area contributed by atoms with Crippen LogP contribution in [-0.4, -0.2) is 4.92 Å². The average molecular weight is 221 g/mol. The third-order valence-corrected chi connectivity index (χ3v) is 1.80. The summed E-state index contributed by atoms with van der Waals surface area (Å²) >= 11 is 0. The maximum absolute atomic E-state index is 11.7. The van der Waals surface area contributed by atoms with Gasteiger partial charge in [-0.05, 0) is 17.7 Å². The van der Waals surface area contributed by atoms with E-state index in [0.717, 1.165) is 0 Å². The zero-order valence-electron chi connectivity index (χ0n) is 6.89. The Bertz CT molecular complexity index is 317. The second kappa shape index (κ2) is 4.93. The summed E-state index contributed by atoms with van der Waals surface area (Å²) in [7, 11) is -3.38. The van der Waals surface area contributed by atoms with Gasteiger partial charge in [0.1, 0.15) is 0 Å². The lowest BCUT2D eigenvalue weighted by Crippen LogP contribution is -1.89. The van der Waals surface area contributed by atoms with E-state index in [4.69, 9.17) is 0 Å². The van der Waals surface area contributed by atoms with Gasteiger partial charge in [0.15, 0.2) is 0 Å². The van der Waals surface area contributed by atoms with E-state index in [0.29, 0.717) is 5.56 Å². The van der Waals surface area contributed by atoms with Gasteiger partial charge in [0.2, 0.25) is 0 Å². The van der Waals surface area contributed by atoms with Crippen molar-refractivity contribution in [1.82, 2.24) is 0 Å². The van der Waals surface area contributed by atoms with Gasteiger partial charge in [-0.1, -0.05) is 0 Å². The normalized spacial score (nSPS) is 10.5. The summed E-state index contributed by atoms with van der Waals surface area (Å²) in [5, 5.41) is 10.2. The standard InChI is InChI=1S/C7H6F2NO3P/c8-14(9)13-5-6-1-3-7(4-2-6)10(11)12/h1-4H,5H2. The highest BCUT2D eigenvalue weighted by Gasteiger charge is 2.07. The Morgan fingerprint density at radius 1 is 1.36 bits per heavy atom. The van der Waals surface area contributed by atoms with Crippen molar-refractivity contribution in [3.8, 4) is 0 Å². The summed E-state index contributed by atoms with van der Waals surface area (Å²) < 4.78 is 27.4. The van der Waals surface area contributed by atoms with Crippen LogP contribution >= 0.6 is 8.77 Å². The Balaban J connectivity index is 2.60. The molecule has 1 aromatic rings. The summed E-state index contributed by atoms with van der Waals surface area (Å²) in [5.41, 5.74) is 0.412. The smallest absolute Gasteiger partial charge is 0.301 e. The molecule has 0 amide bonds. The zero-order chi connectivity index (χ0) is 10.6. The number of hydrogen-bond donors (Lipinski definition) is 0. The van der Waals surface area contributed by atoms with Gasteiger partial charge in [-0.15, -0.1) is 0 Å². The molecule has 1 aromatic carbocycles. The van der Waals surface area contributed by atoms with Crippen LogP contribution in [0.2, 0.25) is 0 Å². The molecule has 0 spiro atoms. The second-order valence-electron chi connectivity index (χ2n) is 2.40. The SMILES string of the molecule is O=[N+]([O-])c1ccc(COP(F)F)cc1. The molecule has 0 atom stereocenters. The van der Waals surface area contributed by atoms with Gasteiger partial charge >= 0.3 is 8.77 Å². The third kappa shape index (κ3) is 3.32. The van der Waals surface area contributed by atoms with Crippen LogP contribution in [0.4, 0.5) is 14.1 Å². The Labute approximate surface area is 79.7 Å². The molecule has 0 heterocycles. The third-order valence-electron chi connectivity index (χ3n) is 1.48. The van der Waals surface area contributed by atoms with Gasteiger partial charge < -0.3 is 4.52 Å². The second-order valence-corrected chi connectivity index (χ2v) is 3.06. The molecule has 76 valence electrons. The maximum atomic E-state index is 11.7. The van der Waals surface area contributed by atoms with Crippen molar-refractivity contribution in [2.75, 3.05) is 0 Å². The highest BCUT2D eigenvalue weighted by Crippen LogP contribution is 2.40. The molecule has 7 heteroatoms. The predicted molar refractivity (Wildman–Crippen MR) is 47.0 cm³/mol. The van der Waals surface area contributed by atoms with E-state index >= 15 is 0 Å². The summed E-state index contributed by atoms with van der Waals surface area (Å²) in [6.07, 6.45) is 0. The maximum Gasteiger partial charge on any atom is 0.415 e. The molecule has 0 saturated heterocycles. The Morgan fingerprint density at radius 3 is 2.36 bits per heavy atom. The van der Waals surface area contributed by atoms with Crippen molar-refractivity contribution in [3.05, 3.63) is 39.9 Å². The number of benzene rings is 1. The lowest BCUT2D eigenvalue weighted by Gasteiger charge is -2.00. The van der Waals surface area contributed by atoms with Crippen LogP contribution < -0.4 is 0 Å². The van der Waals surface area contributed by atoms with Gasteiger partial charge in [0.25, 0.3) is 5.69 Å². The Morgan fingerprint density at radius 2 is 1.93 bits per heavy atom. The van der Waals surface area contributed by atoms with Gasteiger partial charge in [-0.2, -0.15) is 8.39 Å². The minimum absolute atomic E-state index is 0.0727. The highest BCUT2D eigenvalue weighted by atomic mass is 31.2. The molecule has 0 N–H and O–H groups in total. The molecule has 1 rings (SSSR count). The molecule has 0 aromatic heterocycles. The molecule has 0 fully saturated rings. The zero-order valence-corrected chi connectivity index (χ0v) is 7.79. The topological polar surface area (TPSA) is 52.4 Å². The van der Waals surface area contributed by atoms with Gasteiger partial charge in [-0.25, -0.2) is 0 Å². The number of nitro benzene ring substituents is 1. The van der Waals surface area contributed by atoms with Gasteiger partial charge in [0.05, 0.1) is 11.5 Å². The monoisotopic (exact) mass is 221 g/mol. The number of hydrogen-bond acceptors (Lipinski definition) is 3. The quantitative estimate of drug-likeness (QED) is 0.445. The Hall–Kier alpha value is -1.13. The van der Waals surface area contributed by atoms with Crippen molar-refractivity contribution in [1.29, 1.82) is 0 Å². The van der Waals surface area contributed by atoms with Crippen LogP contribution in [0.1, 0.15) is 5.56 Å². The summed E-state index contributed by atoms with van der Waals surface area (Å²) in [6, 6.07) is 5.27. The van der Waals surface area contributed by atoms with Crippen molar-refractivity contribution >= 4 is 14.5 Å². The van der Waals surface area contributed by atoms with E-state index in [2.05, 4.69) is 4.52 Å². The van der Waals surface area contributed by atoms with Crippen LogP contribution in [0.5, 0.6) is 0 Å². The molecule has 0 aliphatic carbocycles. The van der Waals surface area contributed by atoms with E-state index in [-0.39, 0.29) is 12.3 Å². The molecule has 0 aliphatic heterocycles. The van der Waals surface area contributed by atoms with E-state index < -0.39 is 13.7 Å². The first-order chi connectivity index (χ1) is 6.59. The number of halogens is 2. The van der Waals surface area contributed by atoms with Crippen molar-refractivity contribution in [3.63, 3.8) is 0 Å². The molecule has 0 aliphatic rings. The molecule has 0 bridgehead atoms. The fourth-order valence-electron chi connectivity index (χ4n) is 0.837. The summed E-state index contributed by atoms with van der Waals surface area (Å²) in [6.45, 7) is -0.225. The summed E-state index contributed by atoms with van der Waals surface area (Å²) in [5.74, 6) is 0. The largest absolute Gasteiger partial charge is 0.415 e. The lowest BCUT2D eigenvalue weighted by atomic mass is 10.2. The lowest BCUT2D eigenvalue weighted by molar-refractivity contribution is -0.384. The minimum atomic E-state index is -3.38. The first-order valence-electron chi connectivity index (χ1n) is 3.57. The molecule has 4 nitrogen and oxygen atoms in total. The van der Waals surface area contributed by atoms with E-state index in [1.54, 1.807) is 0 Å². The number of nitro groups is 1. The fourth-order valence-corrected chi connectivity index (χ4v) is 1.08. The fraction of sp³-hybridized carbons (Fsp3) is 0.143. The van der Waals surface area contributed by atoms with E-state index in [1.165, 1.54) is 24.3 Å². The number of nitrogens with zero attached hydrogens (tertiary/aromatic N) is 1. The molecule has 14 heavy (non-hydrogen) atoms. The highest BCUT2D eigenvalue weighted by molar-refractivity contribution is 7.40. The first-order valence-corrected chi connectivity index (χ1v) is 4.61. The molecular formula is C7H6F2NO3P. The van der Waals surface area contributed by atoms with Crippen LogP contribution in [0.25, 0.3) is 0 Å². The summed E-state index contributed by atoms with van der Waals surface area (Å²) in [4.78, 5) is 9.68. The molecule has 0 radical (unpaired) electrons. The van der Waals surface area contributed by atoms with E-state index in [1.807, 2.05) is 0 Å².